The molecule has 8 aromatic carbocycles. The van der Waals surface area contributed by atoms with Crippen LogP contribution < -0.4 is 4.74 Å². The molecule has 0 fully saturated rings. The summed E-state index contributed by atoms with van der Waals surface area (Å²) in [6, 6.07) is 69.0. The fourth-order valence-corrected chi connectivity index (χ4v) is 8.09. The van der Waals surface area contributed by atoms with Gasteiger partial charge in [-0.1, -0.05) is 234 Å². The van der Waals surface area contributed by atoms with Crippen molar-refractivity contribution in [3.05, 3.63) is 228 Å². The lowest BCUT2D eigenvalue weighted by Gasteiger charge is -2.24. The van der Waals surface area contributed by atoms with Crippen molar-refractivity contribution in [1.82, 2.24) is 0 Å². The van der Waals surface area contributed by atoms with Crippen LogP contribution >= 0.6 is 0 Å². The molecule has 0 aliphatic heterocycles. The van der Waals surface area contributed by atoms with Crippen LogP contribution in [0, 0.1) is 0 Å². The highest BCUT2D eigenvalue weighted by Gasteiger charge is 2.23. The Morgan fingerprint density at radius 3 is 1.05 bits per heavy atom. The van der Waals surface area contributed by atoms with Gasteiger partial charge in [0.15, 0.2) is 0 Å². The Labute approximate surface area is 350 Å². The van der Waals surface area contributed by atoms with Crippen LogP contribution in [-0.4, -0.2) is 0 Å². The molecule has 0 aromatic heterocycles. The zero-order valence-electron chi connectivity index (χ0n) is 34.3. The predicted molar refractivity (Wildman–Crippen MR) is 254 cm³/mol. The normalized spacial score (nSPS) is 11.6. The molecule has 0 bridgehead atoms. The largest absolute Gasteiger partial charge is 0.456 e. The summed E-state index contributed by atoms with van der Waals surface area (Å²) < 4.78 is 7.45. The van der Waals surface area contributed by atoms with Gasteiger partial charge in [0.05, 0.1) is 0 Å². The number of hydrogen-bond acceptors (Lipinski definition) is 1. The van der Waals surface area contributed by atoms with Gasteiger partial charge in [0.1, 0.15) is 11.5 Å². The lowest BCUT2D eigenvalue weighted by Crippen LogP contribution is -2.00. The van der Waals surface area contributed by atoms with Crippen LogP contribution in [0.4, 0.5) is 0 Å². The standard InChI is InChI=1S/C58H50O/c1-41(2)47-27-15-17-31-51(47)57-53(49-29-13-11-25-45(49)39-37-43-21-7-5-8-22-43)33-19-35-55(57)59-56-36-20-34-54(58(56)52-32-18-16-28-48(52)42(3)4)50-30-14-12-26-46(50)40-38-44-23-9-6-10-24-44/h5-42H,1-4H3. The van der Waals surface area contributed by atoms with E-state index < -0.39 is 0 Å². The van der Waals surface area contributed by atoms with Crippen molar-refractivity contribution in [3.8, 4) is 56.0 Å². The van der Waals surface area contributed by atoms with Crippen molar-refractivity contribution in [2.45, 2.75) is 39.5 Å². The topological polar surface area (TPSA) is 9.23 Å². The molecule has 0 aliphatic carbocycles. The van der Waals surface area contributed by atoms with Crippen LogP contribution in [0.1, 0.15) is 72.9 Å². The second-order valence-electron chi connectivity index (χ2n) is 15.6. The smallest absolute Gasteiger partial charge is 0.135 e. The maximum atomic E-state index is 7.45. The van der Waals surface area contributed by atoms with Gasteiger partial charge in [0.2, 0.25) is 0 Å². The fraction of sp³-hybridized carbons (Fsp3) is 0.103. The molecule has 0 saturated heterocycles. The van der Waals surface area contributed by atoms with Crippen LogP contribution in [0.5, 0.6) is 11.5 Å². The zero-order chi connectivity index (χ0) is 40.6. The molecule has 0 aliphatic rings. The van der Waals surface area contributed by atoms with Crippen molar-refractivity contribution >= 4 is 24.3 Å². The average molecular weight is 763 g/mol. The summed E-state index contributed by atoms with van der Waals surface area (Å²) in [7, 11) is 0. The summed E-state index contributed by atoms with van der Waals surface area (Å²) in [5.41, 5.74) is 16.2. The van der Waals surface area contributed by atoms with Crippen molar-refractivity contribution in [1.29, 1.82) is 0 Å². The first kappa shape index (κ1) is 38.9. The molecule has 0 N–H and O–H groups in total. The molecular weight excluding hydrogens is 713 g/mol. The van der Waals surface area contributed by atoms with E-state index in [0.29, 0.717) is 11.8 Å². The van der Waals surface area contributed by atoms with Gasteiger partial charge >= 0.3 is 0 Å². The van der Waals surface area contributed by atoms with E-state index in [0.717, 1.165) is 67.1 Å². The van der Waals surface area contributed by atoms with Crippen molar-refractivity contribution < 1.29 is 4.74 Å². The van der Waals surface area contributed by atoms with E-state index >= 15 is 0 Å². The highest BCUT2D eigenvalue weighted by molar-refractivity contribution is 5.95. The second kappa shape index (κ2) is 18.1. The van der Waals surface area contributed by atoms with E-state index in [2.05, 4.69) is 246 Å². The van der Waals surface area contributed by atoms with Gasteiger partial charge in [-0.15, -0.1) is 0 Å². The Morgan fingerprint density at radius 1 is 0.305 bits per heavy atom. The predicted octanol–water partition coefficient (Wildman–Crippen LogP) is 16.7. The maximum absolute atomic E-state index is 7.45. The highest BCUT2D eigenvalue weighted by atomic mass is 16.5. The average Bonchev–Trinajstić information content (AvgIpc) is 3.28. The molecule has 8 rings (SSSR count). The van der Waals surface area contributed by atoms with Crippen LogP contribution in [0.25, 0.3) is 68.8 Å². The summed E-state index contributed by atoms with van der Waals surface area (Å²) in [6.07, 6.45) is 8.84. The molecular formula is C58H50O. The third-order valence-electron chi connectivity index (χ3n) is 11.0. The number of hydrogen-bond donors (Lipinski definition) is 0. The Hall–Kier alpha value is -6.96. The summed E-state index contributed by atoms with van der Waals surface area (Å²) in [5, 5.41) is 0. The first-order valence-corrected chi connectivity index (χ1v) is 20.7. The molecule has 288 valence electrons. The van der Waals surface area contributed by atoms with Crippen LogP contribution in [0.3, 0.4) is 0 Å². The first-order chi connectivity index (χ1) is 29.0. The molecule has 0 atom stereocenters. The SMILES string of the molecule is CC(C)c1ccccc1-c1c(Oc2cccc(-c3ccccc3C=Cc3ccccc3)c2-c2ccccc2C(C)C)cccc1-c1ccccc1C=Cc1ccccc1. The molecule has 0 heterocycles. The molecule has 0 spiro atoms. The van der Waals surface area contributed by atoms with E-state index in [-0.39, 0.29) is 0 Å². The van der Waals surface area contributed by atoms with Gasteiger partial charge < -0.3 is 4.74 Å². The van der Waals surface area contributed by atoms with Gasteiger partial charge in [-0.05, 0) is 90.7 Å². The molecule has 0 radical (unpaired) electrons. The first-order valence-electron chi connectivity index (χ1n) is 20.7. The lowest BCUT2D eigenvalue weighted by atomic mass is 9.85. The van der Waals surface area contributed by atoms with Gasteiger partial charge in [0.25, 0.3) is 0 Å². The molecule has 0 unspecified atom stereocenters. The second-order valence-corrected chi connectivity index (χ2v) is 15.6. The Morgan fingerprint density at radius 2 is 0.644 bits per heavy atom. The third kappa shape index (κ3) is 8.66. The van der Waals surface area contributed by atoms with Crippen LogP contribution in [-0.2, 0) is 0 Å². The molecule has 0 saturated carbocycles. The number of benzene rings is 8. The Bertz CT molecular complexity index is 2540. The van der Waals surface area contributed by atoms with Gasteiger partial charge in [0, 0.05) is 11.1 Å². The van der Waals surface area contributed by atoms with Crippen LogP contribution in [0.2, 0.25) is 0 Å². The summed E-state index contributed by atoms with van der Waals surface area (Å²) in [5.74, 6) is 2.24. The van der Waals surface area contributed by atoms with E-state index in [4.69, 9.17) is 4.74 Å². The summed E-state index contributed by atoms with van der Waals surface area (Å²) in [4.78, 5) is 0. The van der Waals surface area contributed by atoms with Crippen LogP contribution in [0.15, 0.2) is 194 Å². The van der Waals surface area contributed by atoms with E-state index in [1.165, 1.54) is 22.3 Å². The fourth-order valence-electron chi connectivity index (χ4n) is 8.09. The van der Waals surface area contributed by atoms with E-state index in [9.17, 15) is 0 Å². The highest BCUT2D eigenvalue weighted by Crippen LogP contribution is 2.49. The van der Waals surface area contributed by atoms with Gasteiger partial charge in [-0.3, -0.25) is 0 Å². The lowest BCUT2D eigenvalue weighted by molar-refractivity contribution is 0.486. The maximum Gasteiger partial charge on any atom is 0.135 e. The van der Waals surface area contributed by atoms with E-state index in [1.54, 1.807) is 0 Å². The molecule has 1 heteroatoms. The van der Waals surface area contributed by atoms with Crippen molar-refractivity contribution in [2.75, 3.05) is 0 Å². The Kier molecular flexibility index (Phi) is 11.9. The molecule has 0 amide bonds. The number of ether oxygens (including phenoxy) is 1. The number of rotatable bonds is 12. The summed E-state index contributed by atoms with van der Waals surface area (Å²) in [6.45, 7) is 9.08. The molecule has 8 aromatic rings. The quantitative estimate of drug-likeness (QED) is 0.113. The third-order valence-corrected chi connectivity index (χ3v) is 11.0. The summed E-state index contributed by atoms with van der Waals surface area (Å²) >= 11 is 0. The van der Waals surface area contributed by atoms with Gasteiger partial charge in [-0.25, -0.2) is 0 Å². The zero-order valence-corrected chi connectivity index (χ0v) is 34.3. The minimum atomic E-state index is 0.303. The Balaban J connectivity index is 1.35. The van der Waals surface area contributed by atoms with Gasteiger partial charge in [-0.2, -0.15) is 0 Å². The van der Waals surface area contributed by atoms with Crippen molar-refractivity contribution in [2.24, 2.45) is 0 Å². The molecule has 59 heavy (non-hydrogen) atoms. The molecule has 1 nitrogen and oxygen atoms in total. The minimum absolute atomic E-state index is 0.303. The monoisotopic (exact) mass is 762 g/mol. The minimum Gasteiger partial charge on any atom is -0.456 e. The van der Waals surface area contributed by atoms with E-state index in [1.807, 2.05) is 0 Å². The van der Waals surface area contributed by atoms with Crippen molar-refractivity contribution in [3.63, 3.8) is 0 Å².